The van der Waals surface area contributed by atoms with Gasteiger partial charge in [0.2, 0.25) is 5.91 Å². The van der Waals surface area contributed by atoms with E-state index in [0.717, 1.165) is 12.8 Å². The summed E-state index contributed by atoms with van der Waals surface area (Å²) in [6.45, 7) is 0.711. The third-order valence-electron chi connectivity index (χ3n) is 2.21. The number of likely N-dealkylation sites (tertiary alicyclic amines) is 1. The molecule has 3 nitrogen and oxygen atoms in total. The first-order chi connectivity index (χ1) is 7.11. The van der Waals surface area contributed by atoms with Crippen LogP contribution in [-0.4, -0.2) is 48.4 Å². The van der Waals surface area contributed by atoms with Crippen LogP contribution in [0.4, 0.5) is 8.78 Å². The summed E-state index contributed by atoms with van der Waals surface area (Å²) in [5, 5.41) is 0. The number of amides is 1. The van der Waals surface area contributed by atoms with Crippen molar-refractivity contribution in [2.45, 2.75) is 24.1 Å². The Morgan fingerprint density at radius 2 is 2.33 bits per heavy atom. The van der Waals surface area contributed by atoms with Crippen LogP contribution in [0.15, 0.2) is 0 Å². The molecule has 1 saturated heterocycles. The number of alkyl halides is 3. The van der Waals surface area contributed by atoms with Gasteiger partial charge in [-0.15, -0.1) is 0 Å². The molecule has 0 aromatic heterocycles. The second-order valence-corrected chi connectivity index (χ2v) is 4.51. The SMILES string of the molecule is O=C1C(Br)CCCN1CCOCC(F)F. The highest BCUT2D eigenvalue weighted by Crippen LogP contribution is 2.17. The van der Waals surface area contributed by atoms with E-state index in [1.807, 2.05) is 0 Å². The Morgan fingerprint density at radius 1 is 1.60 bits per heavy atom. The average Bonchev–Trinajstić information content (AvgIpc) is 2.18. The molecule has 0 bridgehead atoms. The molecule has 88 valence electrons. The summed E-state index contributed by atoms with van der Waals surface area (Å²) in [5.74, 6) is 0.0295. The Bertz CT molecular complexity index is 216. The molecule has 1 atom stereocenters. The number of halogens is 3. The van der Waals surface area contributed by atoms with Crippen LogP contribution in [-0.2, 0) is 9.53 Å². The van der Waals surface area contributed by atoms with Crippen LogP contribution in [0.5, 0.6) is 0 Å². The van der Waals surface area contributed by atoms with E-state index in [2.05, 4.69) is 15.9 Å². The average molecular weight is 286 g/mol. The monoisotopic (exact) mass is 285 g/mol. The van der Waals surface area contributed by atoms with E-state index >= 15 is 0 Å². The summed E-state index contributed by atoms with van der Waals surface area (Å²) in [6.07, 6.45) is -0.657. The van der Waals surface area contributed by atoms with Crippen LogP contribution >= 0.6 is 15.9 Å². The van der Waals surface area contributed by atoms with Gasteiger partial charge in [-0.05, 0) is 12.8 Å². The summed E-state index contributed by atoms with van der Waals surface area (Å²) < 4.78 is 28.2. The van der Waals surface area contributed by atoms with Crippen molar-refractivity contribution in [3.63, 3.8) is 0 Å². The Morgan fingerprint density at radius 3 is 3.00 bits per heavy atom. The predicted molar refractivity (Wildman–Crippen MR) is 55.4 cm³/mol. The van der Waals surface area contributed by atoms with Crippen molar-refractivity contribution in [2.75, 3.05) is 26.3 Å². The predicted octanol–water partition coefficient (Wildman–Crippen LogP) is 1.65. The molecule has 0 aromatic carbocycles. The topological polar surface area (TPSA) is 29.5 Å². The van der Waals surface area contributed by atoms with Gasteiger partial charge in [0.05, 0.1) is 11.4 Å². The van der Waals surface area contributed by atoms with Crippen LogP contribution in [0.2, 0.25) is 0 Å². The van der Waals surface area contributed by atoms with Crippen molar-refractivity contribution >= 4 is 21.8 Å². The maximum atomic E-state index is 11.7. The molecule has 1 heterocycles. The summed E-state index contributed by atoms with van der Waals surface area (Å²) in [6, 6.07) is 0. The van der Waals surface area contributed by atoms with Gasteiger partial charge in [-0.2, -0.15) is 0 Å². The second kappa shape index (κ2) is 6.37. The number of hydrogen-bond donors (Lipinski definition) is 0. The molecule has 1 aliphatic heterocycles. The number of carbonyl (C=O) groups excluding carboxylic acids is 1. The van der Waals surface area contributed by atoms with Gasteiger partial charge in [-0.1, -0.05) is 15.9 Å². The summed E-state index contributed by atoms with van der Waals surface area (Å²) in [7, 11) is 0. The van der Waals surface area contributed by atoms with Crippen molar-refractivity contribution in [3.05, 3.63) is 0 Å². The van der Waals surface area contributed by atoms with Crippen molar-refractivity contribution in [2.24, 2.45) is 0 Å². The van der Waals surface area contributed by atoms with E-state index in [-0.39, 0.29) is 17.3 Å². The molecule has 0 spiro atoms. The van der Waals surface area contributed by atoms with Gasteiger partial charge in [0.25, 0.3) is 6.43 Å². The smallest absolute Gasteiger partial charge is 0.261 e. The third kappa shape index (κ3) is 4.42. The normalized spacial score (nSPS) is 22.5. The molecule has 0 N–H and O–H groups in total. The van der Waals surface area contributed by atoms with E-state index < -0.39 is 13.0 Å². The zero-order chi connectivity index (χ0) is 11.3. The number of hydrogen-bond acceptors (Lipinski definition) is 2. The van der Waals surface area contributed by atoms with Crippen LogP contribution in [0.25, 0.3) is 0 Å². The Hall–Kier alpha value is -0.230. The molecule has 1 amide bonds. The fourth-order valence-electron chi connectivity index (χ4n) is 1.46. The number of nitrogens with zero attached hydrogens (tertiary/aromatic N) is 1. The van der Waals surface area contributed by atoms with Crippen LogP contribution in [0.1, 0.15) is 12.8 Å². The highest BCUT2D eigenvalue weighted by Gasteiger charge is 2.25. The summed E-state index contributed by atoms with van der Waals surface area (Å²) in [4.78, 5) is 13.1. The van der Waals surface area contributed by atoms with E-state index in [1.54, 1.807) is 4.90 Å². The molecule has 15 heavy (non-hydrogen) atoms. The van der Waals surface area contributed by atoms with Crippen molar-refractivity contribution < 1.29 is 18.3 Å². The lowest BCUT2D eigenvalue weighted by atomic mass is 10.1. The molecular formula is C9H14BrF2NO2. The number of rotatable bonds is 5. The van der Waals surface area contributed by atoms with Gasteiger partial charge >= 0.3 is 0 Å². The number of ether oxygens (including phenoxy) is 1. The van der Waals surface area contributed by atoms with Crippen LogP contribution in [0, 0.1) is 0 Å². The Kier molecular flexibility index (Phi) is 5.45. The minimum absolute atomic E-state index is 0.0295. The molecule has 6 heteroatoms. The highest BCUT2D eigenvalue weighted by molar-refractivity contribution is 9.10. The molecule has 0 radical (unpaired) electrons. The molecule has 0 saturated carbocycles. The number of piperidine rings is 1. The first-order valence-corrected chi connectivity index (χ1v) is 5.81. The summed E-state index contributed by atoms with van der Waals surface area (Å²) >= 11 is 3.27. The largest absolute Gasteiger partial charge is 0.374 e. The Labute approximate surface area is 95.9 Å². The molecule has 1 rings (SSSR count). The zero-order valence-electron chi connectivity index (χ0n) is 8.29. The minimum atomic E-state index is -2.44. The van der Waals surface area contributed by atoms with E-state index in [4.69, 9.17) is 4.74 Å². The maximum absolute atomic E-state index is 11.7. The fraction of sp³-hybridized carbons (Fsp3) is 0.889. The third-order valence-corrected chi connectivity index (χ3v) is 3.06. The van der Waals surface area contributed by atoms with Gasteiger partial charge < -0.3 is 9.64 Å². The first kappa shape index (κ1) is 12.8. The van der Waals surface area contributed by atoms with Crippen LogP contribution < -0.4 is 0 Å². The van der Waals surface area contributed by atoms with Gasteiger partial charge in [-0.25, -0.2) is 8.78 Å². The quantitative estimate of drug-likeness (QED) is 0.568. The molecule has 0 aromatic rings. The highest BCUT2D eigenvalue weighted by atomic mass is 79.9. The van der Waals surface area contributed by atoms with Crippen molar-refractivity contribution in [1.29, 1.82) is 0 Å². The van der Waals surface area contributed by atoms with Gasteiger partial charge in [0.1, 0.15) is 6.61 Å². The first-order valence-electron chi connectivity index (χ1n) is 4.90. The molecule has 1 aliphatic rings. The number of carbonyl (C=O) groups is 1. The standard InChI is InChI=1S/C9H14BrF2NO2/c10-7-2-1-3-13(9(7)14)4-5-15-6-8(11)12/h7-8H,1-6H2. The lowest BCUT2D eigenvalue weighted by molar-refractivity contribution is -0.133. The second-order valence-electron chi connectivity index (χ2n) is 3.40. The lowest BCUT2D eigenvalue weighted by Crippen LogP contribution is -2.43. The van der Waals surface area contributed by atoms with Crippen molar-refractivity contribution in [3.8, 4) is 0 Å². The van der Waals surface area contributed by atoms with Gasteiger partial charge in [-0.3, -0.25) is 4.79 Å². The van der Waals surface area contributed by atoms with E-state index in [0.29, 0.717) is 13.1 Å². The maximum Gasteiger partial charge on any atom is 0.261 e. The van der Waals surface area contributed by atoms with Gasteiger partial charge in [0.15, 0.2) is 0 Å². The zero-order valence-corrected chi connectivity index (χ0v) is 9.88. The lowest BCUT2D eigenvalue weighted by Gasteiger charge is -2.29. The minimum Gasteiger partial charge on any atom is -0.374 e. The fourth-order valence-corrected chi connectivity index (χ4v) is 2.08. The van der Waals surface area contributed by atoms with E-state index in [9.17, 15) is 13.6 Å². The molecule has 0 aliphatic carbocycles. The summed E-state index contributed by atoms with van der Waals surface area (Å²) in [5.41, 5.74) is 0. The molecule has 1 fully saturated rings. The molecule has 1 unspecified atom stereocenters. The molecular weight excluding hydrogens is 272 g/mol. The van der Waals surface area contributed by atoms with Crippen LogP contribution in [0.3, 0.4) is 0 Å². The van der Waals surface area contributed by atoms with E-state index in [1.165, 1.54) is 0 Å². The van der Waals surface area contributed by atoms with Gasteiger partial charge in [0, 0.05) is 13.1 Å². The Balaban J connectivity index is 2.17. The van der Waals surface area contributed by atoms with Crippen molar-refractivity contribution in [1.82, 2.24) is 4.90 Å².